The Morgan fingerprint density at radius 3 is 2.58 bits per heavy atom. The fourth-order valence-corrected chi connectivity index (χ4v) is 3.89. The van der Waals surface area contributed by atoms with E-state index in [1.54, 1.807) is 6.07 Å². The van der Waals surface area contributed by atoms with Gasteiger partial charge in [-0.05, 0) is 37.8 Å². The van der Waals surface area contributed by atoms with Gasteiger partial charge in [0, 0.05) is 31.4 Å². The molecule has 0 radical (unpaired) electrons. The summed E-state index contributed by atoms with van der Waals surface area (Å²) in [5, 5.41) is 3.15. The molecule has 1 aromatic heterocycles. The zero-order chi connectivity index (χ0) is 16.9. The number of piperidine rings is 1. The lowest BCUT2D eigenvalue weighted by molar-refractivity contribution is -0.123. The fourth-order valence-electron chi connectivity index (χ4n) is 3.89. The van der Waals surface area contributed by atoms with Crippen molar-refractivity contribution >= 4 is 11.9 Å². The minimum absolute atomic E-state index is 0.150. The minimum atomic E-state index is -0.293. The van der Waals surface area contributed by atoms with Crippen LogP contribution in [-0.4, -0.2) is 54.1 Å². The van der Waals surface area contributed by atoms with Crippen LogP contribution in [0.15, 0.2) is 18.3 Å². The van der Waals surface area contributed by atoms with Crippen molar-refractivity contribution in [2.45, 2.75) is 50.6 Å². The summed E-state index contributed by atoms with van der Waals surface area (Å²) in [6.07, 6.45) is 8.53. The molecule has 0 unspecified atom stereocenters. The smallest absolute Gasteiger partial charge is 0.354 e. The Labute approximate surface area is 143 Å². The zero-order valence-corrected chi connectivity index (χ0v) is 14.4. The molecular weight excluding hydrogens is 306 g/mol. The number of esters is 1. The normalized spacial score (nSPS) is 20.2. The first kappa shape index (κ1) is 17.0. The molecule has 2 fully saturated rings. The van der Waals surface area contributed by atoms with Crippen molar-refractivity contribution in [1.29, 1.82) is 0 Å². The lowest BCUT2D eigenvalue weighted by Gasteiger charge is -2.33. The van der Waals surface area contributed by atoms with Gasteiger partial charge in [0.2, 0.25) is 5.91 Å². The first-order valence-electron chi connectivity index (χ1n) is 8.94. The molecular formula is C18H27N3O3. The van der Waals surface area contributed by atoms with Crippen LogP contribution in [0.5, 0.6) is 0 Å². The summed E-state index contributed by atoms with van der Waals surface area (Å²) in [4.78, 5) is 26.2. The van der Waals surface area contributed by atoms with Crippen molar-refractivity contribution in [3.05, 3.63) is 24.0 Å². The van der Waals surface area contributed by atoms with E-state index in [0.717, 1.165) is 38.8 Å². The molecule has 1 amide bonds. The molecule has 1 aliphatic carbocycles. The molecule has 0 bridgehead atoms. The summed E-state index contributed by atoms with van der Waals surface area (Å²) in [6.45, 7) is 2.24. The first-order chi connectivity index (χ1) is 11.7. The van der Waals surface area contributed by atoms with Crippen LogP contribution in [-0.2, 0) is 9.53 Å². The van der Waals surface area contributed by atoms with Crippen LogP contribution in [0.2, 0.25) is 0 Å². The molecule has 1 N–H and O–H groups in total. The highest BCUT2D eigenvalue weighted by Crippen LogP contribution is 2.25. The number of aromatic nitrogens is 1. The zero-order valence-electron chi connectivity index (χ0n) is 14.4. The van der Waals surface area contributed by atoms with Crippen LogP contribution in [0.1, 0.15) is 55.1 Å². The summed E-state index contributed by atoms with van der Waals surface area (Å²) >= 11 is 0. The van der Waals surface area contributed by atoms with Crippen LogP contribution in [0.25, 0.3) is 0 Å². The summed E-state index contributed by atoms with van der Waals surface area (Å²) in [6, 6.07) is 4.36. The number of rotatable bonds is 5. The van der Waals surface area contributed by atoms with Gasteiger partial charge >= 0.3 is 5.97 Å². The van der Waals surface area contributed by atoms with Gasteiger partial charge in [-0.2, -0.15) is 0 Å². The highest BCUT2D eigenvalue weighted by Gasteiger charge is 2.25. The van der Waals surface area contributed by atoms with E-state index in [0.29, 0.717) is 24.3 Å². The van der Waals surface area contributed by atoms with Gasteiger partial charge < -0.3 is 14.6 Å². The first-order valence-corrected chi connectivity index (χ1v) is 8.94. The number of nitrogens with zero attached hydrogens (tertiary/aromatic N) is 2. The van der Waals surface area contributed by atoms with Crippen molar-refractivity contribution in [3.8, 4) is 0 Å². The highest BCUT2D eigenvalue weighted by molar-refractivity contribution is 5.87. The molecule has 132 valence electrons. The van der Waals surface area contributed by atoms with E-state index >= 15 is 0 Å². The molecule has 0 aromatic carbocycles. The third-order valence-corrected chi connectivity index (χ3v) is 5.21. The molecule has 6 nitrogen and oxygen atoms in total. The molecule has 2 heterocycles. The molecule has 0 atom stereocenters. The third-order valence-electron chi connectivity index (χ3n) is 5.21. The Morgan fingerprint density at radius 1 is 1.21 bits per heavy atom. The van der Waals surface area contributed by atoms with Gasteiger partial charge in [0.05, 0.1) is 13.7 Å². The average molecular weight is 333 g/mol. The Morgan fingerprint density at radius 2 is 1.92 bits per heavy atom. The molecule has 3 rings (SSSR count). The minimum Gasteiger partial charge on any atom is -0.464 e. The van der Waals surface area contributed by atoms with Gasteiger partial charge in [0.1, 0.15) is 5.69 Å². The Kier molecular flexibility index (Phi) is 5.56. The Hall–Kier alpha value is -1.82. The monoisotopic (exact) mass is 333 g/mol. The molecule has 1 saturated carbocycles. The second kappa shape index (κ2) is 7.83. The maximum atomic E-state index is 12.1. The van der Waals surface area contributed by atoms with E-state index in [1.165, 1.54) is 20.0 Å². The van der Waals surface area contributed by atoms with E-state index in [2.05, 4.69) is 10.2 Å². The number of ether oxygens (including phenoxy) is 1. The van der Waals surface area contributed by atoms with Crippen molar-refractivity contribution in [3.63, 3.8) is 0 Å². The predicted octanol–water partition coefficient (Wildman–Crippen LogP) is 1.97. The maximum Gasteiger partial charge on any atom is 0.354 e. The SMILES string of the molecule is COC(=O)c1cccn1C1CCN(CC(=O)NC2CCCC2)CC1. The lowest BCUT2D eigenvalue weighted by Crippen LogP contribution is -2.44. The molecule has 1 aliphatic heterocycles. The lowest BCUT2D eigenvalue weighted by atomic mass is 10.0. The number of likely N-dealkylation sites (tertiary alicyclic amines) is 1. The Balaban J connectivity index is 1.48. The maximum absolute atomic E-state index is 12.1. The largest absolute Gasteiger partial charge is 0.464 e. The summed E-state index contributed by atoms with van der Waals surface area (Å²) in [5.74, 6) is -0.144. The topological polar surface area (TPSA) is 63.6 Å². The van der Waals surface area contributed by atoms with Crippen LogP contribution < -0.4 is 5.32 Å². The number of carbonyl (C=O) groups excluding carboxylic acids is 2. The average Bonchev–Trinajstić information content (AvgIpc) is 3.26. The van der Waals surface area contributed by atoms with Crippen LogP contribution in [0.3, 0.4) is 0 Å². The van der Waals surface area contributed by atoms with E-state index in [-0.39, 0.29) is 11.9 Å². The molecule has 6 heteroatoms. The number of hydrogen-bond acceptors (Lipinski definition) is 4. The van der Waals surface area contributed by atoms with Gasteiger partial charge in [-0.1, -0.05) is 12.8 Å². The molecule has 24 heavy (non-hydrogen) atoms. The predicted molar refractivity (Wildman–Crippen MR) is 90.9 cm³/mol. The number of carbonyl (C=O) groups is 2. The van der Waals surface area contributed by atoms with Gasteiger partial charge in [0.25, 0.3) is 0 Å². The van der Waals surface area contributed by atoms with Crippen LogP contribution >= 0.6 is 0 Å². The number of methoxy groups -OCH3 is 1. The van der Waals surface area contributed by atoms with Gasteiger partial charge in [-0.15, -0.1) is 0 Å². The van der Waals surface area contributed by atoms with Gasteiger partial charge in [-0.3, -0.25) is 9.69 Å². The van der Waals surface area contributed by atoms with Crippen LogP contribution in [0.4, 0.5) is 0 Å². The van der Waals surface area contributed by atoms with E-state index < -0.39 is 0 Å². The van der Waals surface area contributed by atoms with Crippen molar-refractivity contribution in [1.82, 2.24) is 14.8 Å². The highest BCUT2D eigenvalue weighted by atomic mass is 16.5. The second-order valence-corrected chi connectivity index (χ2v) is 6.85. The van der Waals surface area contributed by atoms with Crippen LogP contribution in [0, 0.1) is 0 Å². The fraction of sp³-hybridized carbons (Fsp3) is 0.667. The molecule has 1 saturated heterocycles. The number of amides is 1. The van der Waals surface area contributed by atoms with Crippen molar-refractivity contribution < 1.29 is 14.3 Å². The van der Waals surface area contributed by atoms with Crippen molar-refractivity contribution in [2.75, 3.05) is 26.7 Å². The van der Waals surface area contributed by atoms with Crippen molar-refractivity contribution in [2.24, 2.45) is 0 Å². The Bertz CT molecular complexity index is 570. The van der Waals surface area contributed by atoms with E-state index in [9.17, 15) is 9.59 Å². The third kappa shape index (κ3) is 3.98. The van der Waals surface area contributed by atoms with Gasteiger partial charge in [-0.25, -0.2) is 4.79 Å². The molecule has 0 spiro atoms. The summed E-state index contributed by atoms with van der Waals surface area (Å²) in [7, 11) is 1.41. The molecule has 1 aromatic rings. The summed E-state index contributed by atoms with van der Waals surface area (Å²) in [5.41, 5.74) is 0.606. The number of hydrogen-bond donors (Lipinski definition) is 1. The molecule has 2 aliphatic rings. The quantitative estimate of drug-likeness (QED) is 0.837. The number of nitrogens with one attached hydrogen (secondary N) is 1. The van der Waals surface area contributed by atoms with E-state index in [1.807, 2.05) is 16.8 Å². The standard InChI is InChI=1S/C18H27N3O3/c1-24-18(23)16-7-4-10-21(16)15-8-11-20(12-9-15)13-17(22)19-14-5-2-3-6-14/h4,7,10,14-15H,2-3,5-6,8-9,11-13H2,1H3,(H,19,22). The summed E-state index contributed by atoms with van der Waals surface area (Å²) < 4.78 is 6.86. The second-order valence-electron chi connectivity index (χ2n) is 6.85. The van der Waals surface area contributed by atoms with Gasteiger partial charge in [0.15, 0.2) is 0 Å². The van der Waals surface area contributed by atoms with E-state index in [4.69, 9.17) is 4.74 Å².